The van der Waals surface area contributed by atoms with E-state index in [1.54, 1.807) is 38.1 Å². The van der Waals surface area contributed by atoms with Crippen LogP contribution in [0.3, 0.4) is 0 Å². The molecule has 19 heavy (non-hydrogen) atoms. The Bertz CT molecular complexity index is 638. The summed E-state index contributed by atoms with van der Waals surface area (Å²) < 4.78 is 13.4. The average Bonchev–Trinajstić information content (AvgIpc) is 2.38. The number of anilines is 1. The molecular weight excluding hydrogens is 245 g/mol. The van der Waals surface area contributed by atoms with E-state index in [1.165, 1.54) is 12.1 Å². The van der Waals surface area contributed by atoms with E-state index in [1.807, 2.05) is 0 Å². The number of nitrogens with one attached hydrogen (secondary N) is 1. The van der Waals surface area contributed by atoms with Crippen LogP contribution < -0.4 is 5.32 Å². The van der Waals surface area contributed by atoms with Gasteiger partial charge in [0.25, 0.3) is 5.91 Å². The Morgan fingerprint density at radius 1 is 1.21 bits per heavy atom. The molecule has 0 heterocycles. The van der Waals surface area contributed by atoms with Crippen LogP contribution in [0.1, 0.15) is 21.5 Å². The molecule has 0 bridgehead atoms. The van der Waals surface area contributed by atoms with Gasteiger partial charge in [0, 0.05) is 16.8 Å². The molecule has 0 spiro atoms. The number of phenolic OH excluding ortho intramolecular Hbond substituents is 1. The van der Waals surface area contributed by atoms with Gasteiger partial charge in [0.1, 0.15) is 11.6 Å². The van der Waals surface area contributed by atoms with Crippen LogP contribution in [0.4, 0.5) is 10.1 Å². The van der Waals surface area contributed by atoms with Crippen molar-refractivity contribution < 1.29 is 14.3 Å². The molecular formula is C15H14FNO2. The topological polar surface area (TPSA) is 49.3 Å². The summed E-state index contributed by atoms with van der Waals surface area (Å²) in [6.07, 6.45) is 0. The van der Waals surface area contributed by atoms with Crippen molar-refractivity contribution in [3.63, 3.8) is 0 Å². The van der Waals surface area contributed by atoms with E-state index in [-0.39, 0.29) is 11.3 Å². The van der Waals surface area contributed by atoms with Crippen LogP contribution in [0.2, 0.25) is 0 Å². The lowest BCUT2D eigenvalue weighted by molar-refractivity contribution is 0.102. The van der Waals surface area contributed by atoms with Gasteiger partial charge in [0.2, 0.25) is 0 Å². The monoisotopic (exact) mass is 259 g/mol. The smallest absolute Gasteiger partial charge is 0.255 e. The molecule has 0 aromatic heterocycles. The minimum atomic E-state index is -0.416. The first kappa shape index (κ1) is 13.1. The highest BCUT2D eigenvalue weighted by molar-refractivity contribution is 6.04. The van der Waals surface area contributed by atoms with Crippen molar-refractivity contribution in [3.05, 3.63) is 58.9 Å². The molecule has 2 aromatic rings. The average molecular weight is 259 g/mol. The van der Waals surface area contributed by atoms with Gasteiger partial charge in [-0.1, -0.05) is 12.1 Å². The number of carbonyl (C=O) groups is 1. The van der Waals surface area contributed by atoms with Gasteiger partial charge >= 0.3 is 0 Å². The van der Waals surface area contributed by atoms with Crippen molar-refractivity contribution in [1.82, 2.24) is 0 Å². The standard InChI is InChI=1S/C15H14FNO2/c1-9-6-7-11(8-12(9)16)15(19)17-13-4-3-5-14(18)10(13)2/h3-8,18H,1-2H3,(H,17,19). The molecule has 2 aromatic carbocycles. The summed E-state index contributed by atoms with van der Waals surface area (Å²) in [7, 11) is 0. The van der Waals surface area contributed by atoms with Gasteiger partial charge in [-0.05, 0) is 43.7 Å². The predicted molar refractivity (Wildman–Crippen MR) is 71.9 cm³/mol. The van der Waals surface area contributed by atoms with Crippen LogP contribution in [-0.2, 0) is 0 Å². The van der Waals surface area contributed by atoms with Crippen molar-refractivity contribution in [2.45, 2.75) is 13.8 Å². The third kappa shape index (κ3) is 2.73. The molecule has 0 atom stereocenters. The predicted octanol–water partition coefficient (Wildman–Crippen LogP) is 3.40. The third-order valence-corrected chi connectivity index (χ3v) is 2.99. The molecule has 98 valence electrons. The zero-order valence-corrected chi connectivity index (χ0v) is 10.7. The second-order valence-electron chi connectivity index (χ2n) is 4.37. The molecule has 0 saturated heterocycles. The summed E-state index contributed by atoms with van der Waals surface area (Å²) in [6, 6.07) is 9.16. The van der Waals surface area contributed by atoms with E-state index in [9.17, 15) is 14.3 Å². The number of aromatic hydroxyl groups is 1. The normalized spacial score (nSPS) is 10.3. The Kier molecular flexibility index (Phi) is 3.51. The van der Waals surface area contributed by atoms with E-state index in [4.69, 9.17) is 0 Å². The van der Waals surface area contributed by atoms with Gasteiger partial charge in [-0.2, -0.15) is 0 Å². The van der Waals surface area contributed by atoms with E-state index < -0.39 is 11.7 Å². The zero-order chi connectivity index (χ0) is 14.0. The van der Waals surface area contributed by atoms with Crippen molar-refractivity contribution in [1.29, 1.82) is 0 Å². The largest absolute Gasteiger partial charge is 0.508 e. The second kappa shape index (κ2) is 5.10. The minimum Gasteiger partial charge on any atom is -0.508 e. The summed E-state index contributed by atoms with van der Waals surface area (Å²) in [5.41, 5.74) is 1.81. The van der Waals surface area contributed by atoms with E-state index in [0.29, 0.717) is 16.8 Å². The summed E-state index contributed by atoms with van der Waals surface area (Å²) in [4.78, 5) is 12.0. The molecule has 0 radical (unpaired) electrons. The van der Waals surface area contributed by atoms with Gasteiger partial charge in [-0.25, -0.2) is 4.39 Å². The van der Waals surface area contributed by atoms with Gasteiger partial charge in [0.15, 0.2) is 0 Å². The zero-order valence-electron chi connectivity index (χ0n) is 10.7. The molecule has 4 heteroatoms. The van der Waals surface area contributed by atoms with Crippen LogP contribution in [0.15, 0.2) is 36.4 Å². The molecule has 0 saturated carbocycles. The number of benzene rings is 2. The summed E-state index contributed by atoms with van der Waals surface area (Å²) in [6.45, 7) is 3.33. The fourth-order valence-corrected chi connectivity index (χ4v) is 1.69. The van der Waals surface area contributed by atoms with E-state index in [0.717, 1.165) is 0 Å². The number of hydrogen-bond acceptors (Lipinski definition) is 2. The fraction of sp³-hybridized carbons (Fsp3) is 0.133. The SMILES string of the molecule is Cc1ccc(C(=O)Nc2cccc(O)c2C)cc1F. The Morgan fingerprint density at radius 2 is 1.95 bits per heavy atom. The maximum atomic E-state index is 13.4. The highest BCUT2D eigenvalue weighted by Crippen LogP contribution is 2.24. The number of amides is 1. The lowest BCUT2D eigenvalue weighted by Crippen LogP contribution is -2.13. The first-order valence-corrected chi connectivity index (χ1v) is 5.85. The van der Waals surface area contributed by atoms with Gasteiger partial charge in [0.05, 0.1) is 0 Å². The quantitative estimate of drug-likeness (QED) is 0.868. The molecule has 0 aliphatic heterocycles. The molecule has 0 aliphatic carbocycles. The summed E-state index contributed by atoms with van der Waals surface area (Å²) in [5.74, 6) is -0.722. The van der Waals surface area contributed by atoms with Crippen LogP contribution in [0.25, 0.3) is 0 Å². The Hall–Kier alpha value is -2.36. The maximum Gasteiger partial charge on any atom is 0.255 e. The Balaban J connectivity index is 2.26. The van der Waals surface area contributed by atoms with Crippen molar-refractivity contribution >= 4 is 11.6 Å². The number of hydrogen-bond donors (Lipinski definition) is 2. The molecule has 0 aliphatic rings. The Labute approximate surface area is 110 Å². The molecule has 0 unspecified atom stereocenters. The molecule has 2 N–H and O–H groups in total. The highest BCUT2D eigenvalue weighted by Gasteiger charge is 2.10. The number of rotatable bonds is 2. The lowest BCUT2D eigenvalue weighted by Gasteiger charge is -2.09. The number of halogens is 1. The molecule has 1 amide bonds. The van der Waals surface area contributed by atoms with Gasteiger partial charge in [-0.15, -0.1) is 0 Å². The van der Waals surface area contributed by atoms with Crippen molar-refractivity contribution in [2.24, 2.45) is 0 Å². The van der Waals surface area contributed by atoms with E-state index >= 15 is 0 Å². The summed E-state index contributed by atoms with van der Waals surface area (Å²) >= 11 is 0. The minimum absolute atomic E-state index is 0.105. The molecule has 3 nitrogen and oxygen atoms in total. The van der Waals surface area contributed by atoms with Gasteiger partial charge in [-0.3, -0.25) is 4.79 Å². The highest BCUT2D eigenvalue weighted by atomic mass is 19.1. The van der Waals surface area contributed by atoms with Crippen LogP contribution >= 0.6 is 0 Å². The van der Waals surface area contributed by atoms with Crippen LogP contribution in [-0.4, -0.2) is 11.0 Å². The number of carbonyl (C=O) groups excluding carboxylic acids is 1. The molecule has 2 rings (SSSR count). The first-order valence-electron chi connectivity index (χ1n) is 5.85. The number of aryl methyl sites for hydroxylation is 1. The fourth-order valence-electron chi connectivity index (χ4n) is 1.69. The van der Waals surface area contributed by atoms with Crippen LogP contribution in [0.5, 0.6) is 5.75 Å². The second-order valence-corrected chi connectivity index (χ2v) is 4.37. The van der Waals surface area contributed by atoms with Gasteiger partial charge < -0.3 is 10.4 Å². The number of phenols is 1. The summed E-state index contributed by atoms with van der Waals surface area (Å²) in [5, 5.41) is 12.2. The van der Waals surface area contributed by atoms with E-state index in [2.05, 4.69) is 5.32 Å². The van der Waals surface area contributed by atoms with Crippen molar-refractivity contribution in [2.75, 3.05) is 5.32 Å². The van der Waals surface area contributed by atoms with Crippen LogP contribution in [0, 0.1) is 19.7 Å². The maximum absolute atomic E-state index is 13.4. The Morgan fingerprint density at radius 3 is 2.63 bits per heavy atom. The third-order valence-electron chi connectivity index (χ3n) is 2.99. The molecule has 0 fully saturated rings. The first-order chi connectivity index (χ1) is 8.99. The lowest BCUT2D eigenvalue weighted by atomic mass is 10.1. The van der Waals surface area contributed by atoms with Crippen molar-refractivity contribution in [3.8, 4) is 5.75 Å².